The van der Waals surface area contributed by atoms with Crippen molar-refractivity contribution in [2.24, 2.45) is 5.73 Å². The smallest absolute Gasteiger partial charge is 0.0747 e. The Balaban J connectivity index is 1.95. The van der Waals surface area contributed by atoms with Crippen molar-refractivity contribution in [3.8, 4) is 0 Å². The number of likely N-dealkylation sites (N-methyl/N-ethyl adjacent to an activating group) is 1. The fourth-order valence-corrected chi connectivity index (χ4v) is 3.36. The van der Waals surface area contributed by atoms with Crippen LogP contribution in [0.4, 0.5) is 0 Å². The second-order valence-electron chi connectivity index (χ2n) is 5.90. The average molecular weight is 255 g/mol. The molecule has 106 valence electrons. The number of ether oxygens (including phenoxy) is 1. The number of nitrogens with two attached hydrogens (primary N) is 1. The van der Waals surface area contributed by atoms with Crippen molar-refractivity contribution < 1.29 is 4.74 Å². The van der Waals surface area contributed by atoms with Gasteiger partial charge in [0.05, 0.1) is 12.2 Å². The zero-order chi connectivity index (χ0) is 13.1. The molecule has 0 aromatic rings. The molecule has 0 radical (unpaired) electrons. The van der Waals surface area contributed by atoms with Gasteiger partial charge in [0.25, 0.3) is 0 Å². The van der Waals surface area contributed by atoms with Gasteiger partial charge in [-0.3, -0.25) is 4.90 Å². The second kappa shape index (κ2) is 6.33. The van der Waals surface area contributed by atoms with Gasteiger partial charge in [0.1, 0.15) is 0 Å². The van der Waals surface area contributed by atoms with E-state index in [1.165, 1.54) is 19.3 Å². The highest BCUT2D eigenvalue weighted by atomic mass is 16.5. The zero-order valence-corrected chi connectivity index (χ0v) is 12.1. The molecule has 2 aliphatic rings. The van der Waals surface area contributed by atoms with Gasteiger partial charge in [0.2, 0.25) is 0 Å². The Bertz CT molecular complexity index is 261. The average Bonchev–Trinajstić information content (AvgIpc) is 2.79. The number of hydrogen-bond acceptors (Lipinski definition) is 4. The Morgan fingerprint density at radius 3 is 2.67 bits per heavy atom. The number of hydrogen-bond donors (Lipinski definition) is 1. The molecule has 4 atom stereocenters. The van der Waals surface area contributed by atoms with Gasteiger partial charge in [0.15, 0.2) is 0 Å². The van der Waals surface area contributed by atoms with E-state index in [1.54, 1.807) is 0 Å². The quantitative estimate of drug-likeness (QED) is 0.811. The van der Waals surface area contributed by atoms with Crippen molar-refractivity contribution in [2.75, 3.05) is 33.2 Å². The molecule has 4 heteroatoms. The van der Waals surface area contributed by atoms with E-state index in [9.17, 15) is 0 Å². The third kappa shape index (κ3) is 3.05. The van der Waals surface area contributed by atoms with Crippen molar-refractivity contribution in [2.45, 2.75) is 57.4 Å². The summed E-state index contributed by atoms with van der Waals surface area (Å²) >= 11 is 0. The molecule has 2 aliphatic heterocycles. The molecule has 0 spiro atoms. The molecule has 0 amide bonds. The molecular weight excluding hydrogens is 226 g/mol. The van der Waals surface area contributed by atoms with Gasteiger partial charge in [-0.05, 0) is 33.2 Å². The lowest BCUT2D eigenvalue weighted by Gasteiger charge is -2.44. The summed E-state index contributed by atoms with van der Waals surface area (Å²) in [6, 6.07) is 1.09. The monoisotopic (exact) mass is 255 g/mol. The van der Waals surface area contributed by atoms with Crippen molar-refractivity contribution in [3.05, 3.63) is 0 Å². The molecule has 0 saturated carbocycles. The maximum absolute atomic E-state index is 6.03. The van der Waals surface area contributed by atoms with Crippen LogP contribution in [0.15, 0.2) is 0 Å². The lowest BCUT2D eigenvalue weighted by atomic mass is 10.0. The molecule has 2 saturated heterocycles. The topological polar surface area (TPSA) is 41.7 Å². The molecule has 2 fully saturated rings. The maximum atomic E-state index is 6.03. The first kappa shape index (κ1) is 14.3. The minimum absolute atomic E-state index is 0.353. The summed E-state index contributed by atoms with van der Waals surface area (Å²) in [5.74, 6) is 0. The van der Waals surface area contributed by atoms with Crippen molar-refractivity contribution in [1.82, 2.24) is 9.80 Å². The van der Waals surface area contributed by atoms with E-state index in [-0.39, 0.29) is 0 Å². The molecule has 18 heavy (non-hydrogen) atoms. The van der Waals surface area contributed by atoms with E-state index in [4.69, 9.17) is 10.5 Å². The predicted octanol–water partition coefficient (Wildman–Crippen LogP) is 0.907. The molecule has 0 aromatic carbocycles. The first-order valence-corrected chi connectivity index (χ1v) is 7.45. The largest absolute Gasteiger partial charge is 0.374 e. The molecule has 0 aromatic heterocycles. The van der Waals surface area contributed by atoms with Gasteiger partial charge in [0, 0.05) is 38.3 Å². The van der Waals surface area contributed by atoms with Gasteiger partial charge in [-0.2, -0.15) is 0 Å². The Morgan fingerprint density at radius 1 is 1.33 bits per heavy atom. The Hall–Kier alpha value is -0.160. The van der Waals surface area contributed by atoms with Crippen LogP contribution < -0.4 is 5.73 Å². The molecule has 0 aliphatic carbocycles. The van der Waals surface area contributed by atoms with Crippen molar-refractivity contribution in [1.29, 1.82) is 0 Å². The molecule has 4 nitrogen and oxygen atoms in total. The van der Waals surface area contributed by atoms with E-state index < -0.39 is 0 Å². The third-order valence-corrected chi connectivity index (χ3v) is 4.68. The lowest BCUT2D eigenvalue weighted by molar-refractivity contribution is -0.0270. The van der Waals surface area contributed by atoms with Crippen LogP contribution in [0, 0.1) is 0 Å². The summed E-state index contributed by atoms with van der Waals surface area (Å²) in [6.07, 6.45) is 4.34. The minimum Gasteiger partial charge on any atom is -0.374 e. The van der Waals surface area contributed by atoms with E-state index in [2.05, 4.69) is 30.7 Å². The number of rotatable bonds is 4. The predicted molar refractivity (Wildman–Crippen MR) is 74.7 cm³/mol. The molecule has 4 unspecified atom stereocenters. The van der Waals surface area contributed by atoms with Crippen LogP contribution in [-0.2, 0) is 4.74 Å². The van der Waals surface area contributed by atoms with Crippen LogP contribution in [0.3, 0.4) is 0 Å². The standard InChI is InChI=1S/C14H29N3O/c1-4-12-10-17(8-7-16(12)3)13(9-15)14-6-5-11(2)18-14/h11-14H,4-10,15H2,1-3H3. The Labute approximate surface area is 111 Å². The van der Waals surface area contributed by atoms with E-state index in [0.29, 0.717) is 24.3 Å². The maximum Gasteiger partial charge on any atom is 0.0747 e. The number of piperazine rings is 1. The van der Waals surface area contributed by atoms with Crippen LogP contribution in [0.5, 0.6) is 0 Å². The van der Waals surface area contributed by atoms with Crippen LogP contribution in [0.25, 0.3) is 0 Å². The van der Waals surface area contributed by atoms with Gasteiger partial charge in [-0.1, -0.05) is 6.92 Å². The summed E-state index contributed by atoms with van der Waals surface area (Å²) in [4.78, 5) is 5.04. The Kier molecular flexibility index (Phi) is 5.01. The molecular formula is C14H29N3O. The molecule has 0 bridgehead atoms. The van der Waals surface area contributed by atoms with Gasteiger partial charge < -0.3 is 15.4 Å². The van der Waals surface area contributed by atoms with Crippen LogP contribution in [0.2, 0.25) is 0 Å². The van der Waals surface area contributed by atoms with E-state index in [0.717, 1.165) is 26.2 Å². The Morgan fingerprint density at radius 2 is 2.11 bits per heavy atom. The lowest BCUT2D eigenvalue weighted by Crippen LogP contribution is -2.58. The van der Waals surface area contributed by atoms with Crippen LogP contribution in [0.1, 0.15) is 33.1 Å². The summed E-state index contributed by atoms with van der Waals surface area (Å²) in [6.45, 7) is 8.59. The molecule has 2 N–H and O–H groups in total. The first-order chi connectivity index (χ1) is 8.65. The highest BCUT2D eigenvalue weighted by Crippen LogP contribution is 2.25. The first-order valence-electron chi connectivity index (χ1n) is 7.45. The fraction of sp³-hybridized carbons (Fsp3) is 1.00. The van der Waals surface area contributed by atoms with Crippen LogP contribution in [-0.4, -0.2) is 67.3 Å². The second-order valence-corrected chi connectivity index (χ2v) is 5.90. The number of nitrogens with zero attached hydrogens (tertiary/aromatic N) is 2. The highest BCUT2D eigenvalue weighted by Gasteiger charge is 2.35. The van der Waals surface area contributed by atoms with Gasteiger partial charge in [-0.25, -0.2) is 0 Å². The highest BCUT2D eigenvalue weighted by molar-refractivity contribution is 4.90. The van der Waals surface area contributed by atoms with E-state index in [1.807, 2.05) is 0 Å². The molecule has 2 rings (SSSR count). The van der Waals surface area contributed by atoms with Crippen LogP contribution >= 0.6 is 0 Å². The molecule has 2 heterocycles. The van der Waals surface area contributed by atoms with Crippen molar-refractivity contribution >= 4 is 0 Å². The fourth-order valence-electron chi connectivity index (χ4n) is 3.36. The zero-order valence-electron chi connectivity index (χ0n) is 12.1. The summed E-state index contributed by atoms with van der Waals surface area (Å²) in [7, 11) is 2.23. The summed E-state index contributed by atoms with van der Waals surface area (Å²) < 4.78 is 6.03. The van der Waals surface area contributed by atoms with Gasteiger partial charge >= 0.3 is 0 Å². The van der Waals surface area contributed by atoms with Crippen molar-refractivity contribution in [3.63, 3.8) is 0 Å². The third-order valence-electron chi connectivity index (χ3n) is 4.68. The van der Waals surface area contributed by atoms with E-state index >= 15 is 0 Å². The minimum atomic E-state index is 0.353. The normalized spacial score (nSPS) is 37.0. The van der Waals surface area contributed by atoms with Gasteiger partial charge in [-0.15, -0.1) is 0 Å². The summed E-state index contributed by atoms with van der Waals surface area (Å²) in [5, 5.41) is 0. The summed E-state index contributed by atoms with van der Waals surface area (Å²) in [5.41, 5.74) is 6.02. The SMILES string of the molecule is CCC1CN(C(CN)C2CCC(C)O2)CCN1C.